The standard InChI is InChI=1S/C16H14ClNO2/c17-13-5-7-14(8-6-13)18-16(19)12-9-11-3-1-2-4-15(11)20-10-12/h1-8,12H,9-10H2,(H,18,19)/t12-/m1/s1. The number of nitrogens with one attached hydrogen (secondary N) is 1. The van der Waals surface area contributed by atoms with Crippen LogP contribution in [0.3, 0.4) is 0 Å². The fourth-order valence-electron chi connectivity index (χ4n) is 2.27. The number of amides is 1. The van der Waals surface area contributed by atoms with Gasteiger partial charge in [0.2, 0.25) is 5.91 Å². The molecule has 1 aliphatic rings. The first kappa shape index (κ1) is 13.0. The summed E-state index contributed by atoms with van der Waals surface area (Å²) in [5.41, 5.74) is 1.83. The van der Waals surface area contributed by atoms with Crippen molar-refractivity contribution in [2.45, 2.75) is 6.42 Å². The Morgan fingerprint density at radius 1 is 1.15 bits per heavy atom. The Morgan fingerprint density at radius 3 is 2.70 bits per heavy atom. The van der Waals surface area contributed by atoms with Gasteiger partial charge in [0, 0.05) is 10.7 Å². The first-order valence-corrected chi connectivity index (χ1v) is 6.87. The van der Waals surface area contributed by atoms with E-state index in [2.05, 4.69) is 5.32 Å². The van der Waals surface area contributed by atoms with Gasteiger partial charge in [0.15, 0.2) is 0 Å². The van der Waals surface area contributed by atoms with Crippen LogP contribution in [0.4, 0.5) is 5.69 Å². The number of anilines is 1. The van der Waals surface area contributed by atoms with Crippen LogP contribution in [0.5, 0.6) is 5.75 Å². The lowest BCUT2D eigenvalue weighted by atomic mass is 9.96. The molecule has 1 atom stereocenters. The van der Waals surface area contributed by atoms with Gasteiger partial charge in [-0.15, -0.1) is 0 Å². The molecule has 1 heterocycles. The summed E-state index contributed by atoms with van der Waals surface area (Å²) >= 11 is 5.82. The third-order valence-electron chi connectivity index (χ3n) is 3.36. The molecule has 1 amide bonds. The highest BCUT2D eigenvalue weighted by Crippen LogP contribution is 2.27. The van der Waals surface area contributed by atoms with Crippen LogP contribution in [0, 0.1) is 5.92 Å². The zero-order valence-corrected chi connectivity index (χ0v) is 11.6. The maximum atomic E-state index is 12.2. The van der Waals surface area contributed by atoms with Crippen molar-refractivity contribution in [2.24, 2.45) is 5.92 Å². The van der Waals surface area contributed by atoms with Crippen LogP contribution in [-0.4, -0.2) is 12.5 Å². The van der Waals surface area contributed by atoms with E-state index in [-0.39, 0.29) is 11.8 Å². The molecule has 0 bridgehead atoms. The summed E-state index contributed by atoms with van der Waals surface area (Å²) in [5.74, 6) is 0.686. The Hall–Kier alpha value is -2.00. The van der Waals surface area contributed by atoms with Crippen LogP contribution in [0.15, 0.2) is 48.5 Å². The molecule has 0 aliphatic carbocycles. The van der Waals surface area contributed by atoms with E-state index in [1.54, 1.807) is 24.3 Å². The second-order valence-corrected chi connectivity index (χ2v) is 5.25. The van der Waals surface area contributed by atoms with Gasteiger partial charge in [-0.2, -0.15) is 0 Å². The largest absolute Gasteiger partial charge is 0.492 e. The van der Waals surface area contributed by atoms with Crippen molar-refractivity contribution in [3.05, 3.63) is 59.1 Å². The van der Waals surface area contributed by atoms with E-state index >= 15 is 0 Å². The average molecular weight is 288 g/mol. The summed E-state index contributed by atoms with van der Waals surface area (Å²) in [6.07, 6.45) is 0.704. The fraction of sp³-hybridized carbons (Fsp3) is 0.188. The molecule has 0 radical (unpaired) electrons. The Kier molecular flexibility index (Phi) is 3.61. The molecule has 3 rings (SSSR count). The second-order valence-electron chi connectivity index (χ2n) is 4.82. The summed E-state index contributed by atoms with van der Waals surface area (Å²) in [7, 11) is 0. The van der Waals surface area contributed by atoms with E-state index in [4.69, 9.17) is 16.3 Å². The van der Waals surface area contributed by atoms with E-state index < -0.39 is 0 Å². The minimum atomic E-state index is -0.166. The molecular weight excluding hydrogens is 274 g/mol. The molecule has 1 aliphatic heterocycles. The molecule has 0 spiro atoms. The van der Waals surface area contributed by atoms with Crippen LogP contribution < -0.4 is 10.1 Å². The van der Waals surface area contributed by atoms with Crippen LogP contribution in [0.25, 0.3) is 0 Å². The summed E-state index contributed by atoms with van der Waals surface area (Å²) in [6.45, 7) is 0.413. The zero-order chi connectivity index (χ0) is 13.9. The predicted octanol–water partition coefficient (Wildman–Crippen LogP) is 3.53. The number of halogens is 1. The fourth-order valence-corrected chi connectivity index (χ4v) is 2.40. The molecule has 1 N–H and O–H groups in total. The first-order valence-electron chi connectivity index (χ1n) is 6.49. The third kappa shape index (κ3) is 2.78. The van der Waals surface area contributed by atoms with Gasteiger partial charge in [0.1, 0.15) is 12.4 Å². The number of carbonyl (C=O) groups is 1. The minimum absolute atomic E-state index is 0.0261. The van der Waals surface area contributed by atoms with Crippen molar-refractivity contribution in [1.29, 1.82) is 0 Å². The summed E-state index contributed by atoms with van der Waals surface area (Å²) in [4.78, 5) is 12.2. The Morgan fingerprint density at radius 2 is 1.90 bits per heavy atom. The Balaban J connectivity index is 1.68. The van der Waals surface area contributed by atoms with E-state index in [9.17, 15) is 4.79 Å². The van der Waals surface area contributed by atoms with E-state index in [0.29, 0.717) is 18.1 Å². The van der Waals surface area contributed by atoms with Crippen molar-refractivity contribution in [1.82, 2.24) is 0 Å². The predicted molar refractivity (Wildman–Crippen MR) is 79.2 cm³/mol. The topological polar surface area (TPSA) is 38.3 Å². The van der Waals surface area contributed by atoms with Gasteiger partial charge >= 0.3 is 0 Å². The van der Waals surface area contributed by atoms with Crippen LogP contribution in [0.2, 0.25) is 5.02 Å². The molecule has 0 saturated carbocycles. The number of hydrogen-bond acceptors (Lipinski definition) is 2. The van der Waals surface area contributed by atoms with Crippen molar-refractivity contribution >= 4 is 23.2 Å². The molecule has 2 aromatic rings. The Bertz CT molecular complexity index is 625. The molecule has 0 unspecified atom stereocenters. The third-order valence-corrected chi connectivity index (χ3v) is 3.61. The molecule has 3 nitrogen and oxygen atoms in total. The number of hydrogen-bond donors (Lipinski definition) is 1. The number of ether oxygens (including phenoxy) is 1. The molecule has 0 saturated heterocycles. The second kappa shape index (κ2) is 5.55. The molecule has 102 valence electrons. The van der Waals surface area contributed by atoms with Gasteiger partial charge in [0.05, 0.1) is 5.92 Å². The molecule has 2 aromatic carbocycles. The summed E-state index contributed by atoms with van der Waals surface area (Å²) in [6, 6.07) is 14.9. The Labute approximate surface area is 122 Å². The molecular formula is C16H14ClNO2. The van der Waals surface area contributed by atoms with Crippen molar-refractivity contribution in [3.63, 3.8) is 0 Å². The minimum Gasteiger partial charge on any atom is -0.492 e. The van der Waals surface area contributed by atoms with Crippen molar-refractivity contribution in [2.75, 3.05) is 11.9 Å². The van der Waals surface area contributed by atoms with Gasteiger partial charge in [0.25, 0.3) is 0 Å². The monoisotopic (exact) mass is 287 g/mol. The maximum absolute atomic E-state index is 12.2. The average Bonchev–Trinajstić information content (AvgIpc) is 2.49. The van der Waals surface area contributed by atoms with E-state index in [1.807, 2.05) is 24.3 Å². The van der Waals surface area contributed by atoms with Crippen LogP contribution in [0.1, 0.15) is 5.56 Å². The van der Waals surface area contributed by atoms with Gasteiger partial charge in [-0.05, 0) is 42.3 Å². The van der Waals surface area contributed by atoms with E-state index in [0.717, 1.165) is 17.0 Å². The molecule has 0 aromatic heterocycles. The number of benzene rings is 2. The summed E-state index contributed by atoms with van der Waals surface area (Å²) < 4.78 is 5.63. The number of para-hydroxylation sites is 1. The lowest BCUT2D eigenvalue weighted by Gasteiger charge is -2.24. The maximum Gasteiger partial charge on any atom is 0.231 e. The quantitative estimate of drug-likeness (QED) is 0.917. The van der Waals surface area contributed by atoms with Gasteiger partial charge in [-0.25, -0.2) is 0 Å². The lowest BCUT2D eigenvalue weighted by Crippen LogP contribution is -2.32. The van der Waals surface area contributed by atoms with Crippen LogP contribution >= 0.6 is 11.6 Å². The number of carbonyl (C=O) groups excluding carboxylic acids is 1. The van der Waals surface area contributed by atoms with Crippen molar-refractivity contribution < 1.29 is 9.53 Å². The van der Waals surface area contributed by atoms with Gasteiger partial charge < -0.3 is 10.1 Å². The number of rotatable bonds is 2. The highest BCUT2D eigenvalue weighted by Gasteiger charge is 2.25. The SMILES string of the molecule is O=C(Nc1ccc(Cl)cc1)[C@H]1COc2ccccc2C1. The van der Waals surface area contributed by atoms with Crippen LogP contribution in [-0.2, 0) is 11.2 Å². The highest BCUT2D eigenvalue weighted by molar-refractivity contribution is 6.30. The summed E-state index contributed by atoms with van der Waals surface area (Å²) in [5, 5.41) is 3.54. The lowest BCUT2D eigenvalue weighted by molar-refractivity contribution is -0.121. The highest BCUT2D eigenvalue weighted by atomic mass is 35.5. The molecule has 0 fully saturated rings. The first-order chi connectivity index (χ1) is 9.72. The zero-order valence-electron chi connectivity index (χ0n) is 10.8. The van der Waals surface area contributed by atoms with Gasteiger partial charge in [-0.1, -0.05) is 29.8 Å². The number of fused-ring (bicyclic) bond motifs is 1. The van der Waals surface area contributed by atoms with E-state index in [1.165, 1.54) is 0 Å². The molecule has 20 heavy (non-hydrogen) atoms. The van der Waals surface area contributed by atoms with Crippen molar-refractivity contribution in [3.8, 4) is 5.75 Å². The van der Waals surface area contributed by atoms with Gasteiger partial charge in [-0.3, -0.25) is 4.79 Å². The molecule has 4 heteroatoms. The smallest absolute Gasteiger partial charge is 0.231 e. The normalized spacial score (nSPS) is 16.9.